The number of benzene rings is 3. The molecule has 6 aromatic rings. The molecule has 0 saturated heterocycles. The largest absolute Gasteiger partial charge is 0.277 e. The summed E-state index contributed by atoms with van der Waals surface area (Å²) in [5, 5.41) is -0.172. The second kappa shape index (κ2) is 6.22. The Balaban J connectivity index is 1.93. The van der Waals surface area contributed by atoms with E-state index in [1.165, 1.54) is 14.1 Å². The van der Waals surface area contributed by atoms with Gasteiger partial charge in [0.05, 0.1) is 38.0 Å². The van der Waals surface area contributed by atoms with Crippen molar-refractivity contribution in [3.8, 4) is 5.69 Å². The van der Waals surface area contributed by atoms with E-state index in [1.807, 2.05) is 25.1 Å². The monoisotopic (exact) mass is 453 g/mol. The Labute approximate surface area is 188 Å². The van der Waals surface area contributed by atoms with Crippen molar-refractivity contribution in [3.63, 3.8) is 0 Å². The Hall–Kier alpha value is -4.66. The number of rotatable bonds is 1. The molecule has 3 heterocycles. The summed E-state index contributed by atoms with van der Waals surface area (Å²) < 4.78 is 2.44. The van der Waals surface area contributed by atoms with Crippen LogP contribution in [0.5, 0.6) is 0 Å². The van der Waals surface area contributed by atoms with Crippen molar-refractivity contribution < 1.29 is 0 Å². The van der Waals surface area contributed by atoms with E-state index < -0.39 is 33.4 Å². The van der Waals surface area contributed by atoms with Crippen LogP contribution in [0.15, 0.2) is 65.2 Å². The lowest BCUT2D eigenvalue weighted by Crippen LogP contribution is -2.24. The highest BCUT2D eigenvalue weighted by molar-refractivity contribution is 6.25. The summed E-state index contributed by atoms with van der Waals surface area (Å²) in [6, 6.07) is 10.7. The molecule has 0 aliphatic heterocycles. The zero-order valence-electron chi connectivity index (χ0n) is 18.3. The van der Waals surface area contributed by atoms with Gasteiger partial charge in [-0.25, -0.2) is 4.57 Å². The number of hydrogen-bond donors (Lipinski definition) is 0. The smallest absolute Gasteiger partial charge is 0.267 e. The average Bonchev–Trinajstić information content (AvgIpc) is 3.30. The lowest BCUT2D eigenvalue weighted by molar-refractivity contribution is 0.854. The molecule has 0 spiro atoms. The van der Waals surface area contributed by atoms with Gasteiger partial charge in [-0.2, -0.15) is 0 Å². The molecule has 166 valence electrons. The minimum Gasteiger partial charge on any atom is -0.277 e. The van der Waals surface area contributed by atoms with Crippen molar-refractivity contribution in [2.45, 2.75) is 6.92 Å². The molecule has 0 radical (unpaired) electrons. The van der Waals surface area contributed by atoms with Crippen LogP contribution >= 0.6 is 0 Å². The molecule has 0 unspecified atom stereocenters. The first-order valence-electron chi connectivity index (χ1n) is 10.4. The molecule has 0 bridgehead atoms. The van der Waals surface area contributed by atoms with Crippen molar-refractivity contribution in [2.24, 2.45) is 14.1 Å². The van der Waals surface area contributed by atoms with Crippen LogP contribution in [0.2, 0.25) is 0 Å². The molecule has 0 aliphatic rings. The Morgan fingerprint density at radius 3 is 1.35 bits per heavy atom. The highest BCUT2D eigenvalue weighted by Crippen LogP contribution is 2.26. The van der Waals surface area contributed by atoms with Crippen LogP contribution in [0.4, 0.5) is 0 Å². The van der Waals surface area contributed by atoms with Crippen molar-refractivity contribution in [2.75, 3.05) is 0 Å². The van der Waals surface area contributed by atoms with Gasteiger partial charge in [0.25, 0.3) is 33.4 Å². The molecule has 9 nitrogen and oxygen atoms in total. The summed E-state index contributed by atoms with van der Waals surface area (Å²) in [4.78, 5) is 78.8. The summed E-state index contributed by atoms with van der Waals surface area (Å²) in [5.41, 5.74) is -3.54. The molecule has 6 rings (SSSR count). The lowest BCUT2D eigenvalue weighted by atomic mass is 10.0. The number of nitrogens with zero attached hydrogens (tertiary/aromatic N) is 3. The molecular weight excluding hydrogens is 438 g/mol. The molecule has 9 heteroatoms. The van der Waals surface area contributed by atoms with E-state index in [-0.39, 0.29) is 38.0 Å². The fourth-order valence-corrected chi connectivity index (χ4v) is 4.93. The van der Waals surface area contributed by atoms with Gasteiger partial charge < -0.3 is 0 Å². The van der Waals surface area contributed by atoms with Gasteiger partial charge in [0.2, 0.25) is 0 Å². The van der Waals surface area contributed by atoms with E-state index >= 15 is 0 Å². The second-order valence-electron chi connectivity index (χ2n) is 8.57. The lowest BCUT2D eigenvalue weighted by Gasteiger charge is -2.04. The maximum absolute atomic E-state index is 13.6. The standard InChI is InChI=1S/C25H15N3O6/c1-10-4-5-12-9-13(7-6-11(12)8-10)28-24(33)18-16-14(20(29)26(2)22(16)31)15-17(19(18)25(28)34)23(32)27(3)21(15)30/h4-9H,1-3H3. The number of hydrogen-bond acceptors (Lipinski definition) is 6. The Morgan fingerprint density at radius 2 is 0.882 bits per heavy atom. The molecular formula is C25H15N3O6. The molecule has 34 heavy (non-hydrogen) atoms. The van der Waals surface area contributed by atoms with Crippen LogP contribution in [0.1, 0.15) is 5.56 Å². The maximum Gasteiger partial charge on any atom is 0.267 e. The van der Waals surface area contributed by atoms with Crippen molar-refractivity contribution in [3.05, 3.63) is 104 Å². The summed E-state index contributed by atoms with van der Waals surface area (Å²) in [7, 11) is 2.44. The Kier molecular flexibility index (Phi) is 3.66. The first kappa shape index (κ1) is 20.0. The van der Waals surface area contributed by atoms with E-state index in [0.717, 1.165) is 30.0 Å². The Bertz CT molecular complexity index is 2110. The summed E-state index contributed by atoms with van der Waals surface area (Å²) in [6.45, 7) is 1.95. The fraction of sp³-hybridized carbons (Fsp3) is 0.120. The van der Waals surface area contributed by atoms with Crippen LogP contribution in [-0.2, 0) is 14.1 Å². The summed E-state index contributed by atoms with van der Waals surface area (Å²) in [5.74, 6) is 0. The zero-order valence-corrected chi connectivity index (χ0v) is 18.3. The van der Waals surface area contributed by atoms with Crippen molar-refractivity contribution in [1.29, 1.82) is 0 Å². The summed E-state index contributed by atoms with van der Waals surface area (Å²) in [6.07, 6.45) is 0. The normalized spacial score (nSPS) is 12.1. The summed E-state index contributed by atoms with van der Waals surface area (Å²) >= 11 is 0. The van der Waals surface area contributed by atoms with Gasteiger partial charge in [0, 0.05) is 14.1 Å². The first-order valence-corrected chi connectivity index (χ1v) is 10.4. The van der Waals surface area contributed by atoms with Crippen molar-refractivity contribution >= 4 is 43.1 Å². The maximum atomic E-state index is 13.6. The van der Waals surface area contributed by atoms with Crippen LogP contribution in [0.3, 0.4) is 0 Å². The van der Waals surface area contributed by atoms with Crippen LogP contribution in [0, 0.1) is 6.92 Å². The number of aryl methyl sites for hydroxylation is 1. The quantitative estimate of drug-likeness (QED) is 0.359. The van der Waals surface area contributed by atoms with Crippen LogP contribution in [-0.4, -0.2) is 13.7 Å². The van der Waals surface area contributed by atoms with Gasteiger partial charge in [0.1, 0.15) is 0 Å². The van der Waals surface area contributed by atoms with E-state index in [2.05, 4.69) is 0 Å². The highest BCUT2D eigenvalue weighted by atomic mass is 16.2. The third-order valence-electron chi connectivity index (χ3n) is 6.65. The highest BCUT2D eigenvalue weighted by Gasteiger charge is 2.30. The van der Waals surface area contributed by atoms with E-state index in [0.29, 0.717) is 0 Å². The minimum absolute atomic E-state index is 0.250. The number of aromatic nitrogens is 3. The molecule has 0 N–H and O–H groups in total. The van der Waals surface area contributed by atoms with Crippen LogP contribution in [0.25, 0.3) is 48.8 Å². The first-order chi connectivity index (χ1) is 16.1. The van der Waals surface area contributed by atoms with E-state index in [4.69, 9.17) is 0 Å². The zero-order chi connectivity index (χ0) is 24.2. The van der Waals surface area contributed by atoms with Gasteiger partial charge in [-0.15, -0.1) is 0 Å². The van der Waals surface area contributed by atoms with E-state index in [1.54, 1.807) is 18.2 Å². The third kappa shape index (κ3) is 2.18. The van der Waals surface area contributed by atoms with E-state index in [9.17, 15) is 28.8 Å². The molecule has 0 atom stereocenters. The predicted octanol–water partition coefficient (Wildman–Crippen LogP) is 0.550. The minimum atomic E-state index is -0.822. The van der Waals surface area contributed by atoms with Gasteiger partial charge in [-0.05, 0) is 29.8 Å². The van der Waals surface area contributed by atoms with Crippen molar-refractivity contribution in [1.82, 2.24) is 13.7 Å². The van der Waals surface area contributed by atoms with Gasteiger partial charge in [0.15, 0.2) is 0 Å². The van der Waals surface area contributed by atoms with Gasteiger partial charge in [-0.1, -0.05) is 29.8 Å². The predicted molar refractivity (Wildman–Crippen MR) is 130 cm³/mol. The average molecular weight is 453 g/mol. The molecule has 3 aromatic carbocycles. The molecule has 0 aliphatic carbocycles. The third-order valence-corrected chi connectivity index (χ3v) is 6.65. The Morgan fingerprint density at radius 1 is 0.500 bits per heavy atom. The second-order valence-corrected chi connectivity index (χ2v) is 8.57. The molecule has 0 fully saturated rings. The van der Waals surface area contributed by atoms with Crippen LogP contribution < -0.4 is 33.4 Å². The fourth-order valence-electron chi connectivity index (χ4n) is 4.93. The number of fused-ring (bicyclic) bond motifs is 7. The molecule has 3 aromatic heterocycles. The SMILES string of the molecule is Cc1ccc2cc(-n3c(=O)c4c5c(=O)n(C)c(=O)c5c5c(=O)n(C)c(=O)c5c4c3=O)ccc2c1. The topological polar surface area (TPSA) is 117 Å². The molecule has 0 saturated carbocycles. The van der Waals surface area contributed by atoms with Gasteiger partial charge in [-0.3, -0.25) is 37.9 Å². The molecule has 0 amide bonds. The van der Waals surface area contributed by atoms with Gasteiger partial charge >= 0.3 is 0 Å².